The van der Waals surface area contributed by atoms with Crippen LogP contribution in [0.15, 0.2) is 46.6 Å². The summed E-state index contributed by atoms with van der Waals surface area (Å²) in [6, 6.07) is 7.35. The summed E-state index contributed by atoms with van der Waals surface area (Å²) in [5.41, 5.74) is 1.24. The van der Waals surface area contributed by atoms with E-state index in [0.717, 1.165) is 5.56 Å². The maximum absolute atomic E-state index is 13.0. The highest BCUT2D eigenvalue weighted by molar-refractivity contribution is 6.46. The maximum Gasteiger partial charge on any atom is 0.295 e. The van der Waals surface area contributed by atoms with Crippen molar-refractivity contribution in [3.63, 3.8) is 0 Å². The molecule has 6 heteroatoms. The molecule has 0 spiro atoms. The number of halogens is 1. The summed E-state index contributed by atoms with van der Waals surface area (Å²) in [6.45, 7) is 3.69. The molecule has 1 aliphatic heterocycles. The van der Waals surface area contributed by atoms with E-state index in [0.29, 0.717) is 17.7 Å². The van der Waals surface area contributed by atoms with Crippen LogP contribution in [0.1, 0.15) is 30.7 Å². The van der Waals surface area contributed by atoms with Crippen molar-refractivity contribution >= 4 is 17.4 Å². The molecular weight excluding hydrogens is 325 g/mol. The number of ketones is 1. The first-order chi connectivity index (χ1) is 11.9. The van der Waals surface area contributed by atoms with E-state index in [1.807, 2.05) is 13.8 Å². The van der Waals surface area contributed by atoms with Crippen molar-refractivity contribution in [2.24, 2.45) is 0 Å². The number of carbonyl (C=O) groups excluding carboxylic acids is 2. The molecule has 1 aliphatic rings. The molecule has 0 bridgehead atoms. The number of hydrogen-bond donors (Lipinski definition) is 1. The minimum Gasteiger partial charge on any atom is -0.507 e. The van der Waals surface area contributed by atoms with Crippen LogP contribution in [0.5, 0.6) is 0 Å². The zero-order valence-corrected chi connectivity index (χ0v) is 14.0. The van der Waals surface area contributed by atoms with E-state index >= 15 is 0 Å². The van der Waals surface area contributed by atoms with Crippen LogP contribution in [0.25, 0.3) is 5.76 Å². The first kappa shape index (κ1) is 17.0. The molecule has 1 fully saturated rings. The molecule has 25 heavy (non-hydrogen) atoms. The number of Topliss-reactive ketones (excluding diaryl/α,β-unsaturated/α-hetero) is 1. The van der Waals surface area contributed by atoms with Crippen molar-refractivity contribution in [1.29, 1.82) is 0 Å². The van der Waals surface area contributed by atoms with E-state index in [-0.39, 0.29) is 29.7 Å². The number of benzene rings is 1. The van der Waals surface area contributed by atoms with Gasteiger partial charge in [0.2, 0.25) is 0 Å². The summed E-state index contributed by atoms with van der Waals surface area (Å²) in [4.78, 5) is 25.6. The molecule has 0 atom stereocenters. The third-order valence-corrected chi connectivity index (χ3v) is 4.25. The minimum atomic E-state index is -0.694. The van der Waals surface area contributed by atoms with Gasteiger partial charge in [-0.15, -0.1) is 0 Å². The highest BCUT2D eigenvalue weighted by Crippen LogP contribution is 2.28. The Morgan fingerprint density at radius 3 is 2.52 bits per heavy atom. The predicted octanol–water partition coefficient (Wildman–Crippen LogP) is 3.10. The smallest absolute Gasteiger partial charge is 0.295 e. The van der Waals surface area contributed by atoms with Crippen LogP contribution < -0.4 is 0 Å². The van der Waals surface area contributed by atoms with Crippen LogP contribution in [0.2, 0.25) is 0 Å². The molecule has 0 unspecified atom stereocenters. The van der Waals surface area contributed by atoms with E-state index in [1.165, 1.54) is 23.3 Å². The zero-order valence-electron chi connectivity index (χ0n) is 14.0. The van der Waals surface area contributed by atoms with Crippen molar-refractivity contribution in [3.8, 4) is 0 Å². The Bertz CT molecular complexity index is 849. The molecule has 1 N–H and O–H groups in total. The average Bonchev–Trinajstić information content (AvgIpc) is 3.15. The molecule has 2 heterocycles. The first-order valence-electron chi connectivity index (χ1n) is 7.97. The summed E-state index contributed by atoms with van der Waals surface area (Å²) >= 11 is 0. The fraction of sp³-hybridized carbons (Fsp3) is 0.263. The van der Waals surface area contributed by atoms with Crippen LogP contribution in [-0.2, 0) is 16.0 Å². The van der Waals surface area contributed by atoms with Crippen LogP contribution in [0.3, 0.4) is 0 Å². The average molecular weight is 343 g/mol. The van der Waals surface area contributed by atoms with Gasteiger partial charge in [0, 0.05) is 12.5 Å². The number of nitrogens with zero attached hydrogens (tertiary/aromatic N) is 1. The Hall–Kier alpha value is -2.89. The maximum atomic E-state index is 13.0. The van der Waals surface area contributed by atoms with E-state index < -0.39 is 11.7 Å². The minimum absolute atomic E-state index is 0.0699. The lowest BCUT2D eigenvalue weighted by atomic mass is 10.0. The Balaban J connectivity index is 1.92. The van der Waals surface area contributed by atoms with Gasteiger partial charge in [0.1, 0.15) is 17.3 Å². The summed E-state index contributed by atoms with van der Waals surface area (Å²) in [6.07, 6.45) is 1.74. The topological polar surface area (TPSA) is 70.8 Å². The van der Waals surface area contributed by atoms with Gasteiger partial charge < -0.3 is 14.4 Å². The van der Waals surface area contributed by atoms with Crippen molar-refractivity contribution in [2.75, 3.05) is 6.54 Å². The highest BCUT2D eigenvalue weighted by atomic mass is 19.1. The van der Waals surface area contributed by atoms with Gasteiger partial charge in [-0.1, -0.05) is 12.1 Å². The number of hydrogen-bond acceptors (Lipinski definition) is 4. The van der Waals surface area contributed by atoms with E-state index in [2.05, 4.69) is 0 Å². The second-order valence-electron chi connectivity index (χ2n) is 6.24. The van der Waals surface area contributed by atoms with Crippen molar-refractivity contribution in [1.82, 2.24) is 4.90 Å². The number of aliphatic hydroxyl groups is 1. The molecule has 1 amide bonds. The molecule has 130 valence electrons. The van der Waals surface area contributed by atoms with Gasteiger partial charge in [-0.3, -0.25) is 9.59 Å². The fourth-order valence-corrected chi connectivity index (χ4v) is 2.81. The molecule has 1 aromatic carbocycles. The Kier molecular flexibility index (Phi) is 4.44. The van der Waals surface area contributed by atoms with Gasteiger partial charge in [0.25, 0.3) is 11.7 Å². The van der Waals surface area contributed by atoms with Crippen LogP contribution in [-0.4, -0.2) is 34.3 Å². The molecule has 3 rings (SSSR count). The molecule has 0 aliphatic carbocycles. The molecule has 5 nitrogen and oxygen atoms in total. The number of likely N-dealkylation sites (tertiary alicyclic amines) is 1. The third-order valence-electron chi connectivity index (χ3n) is 4.25. The van der Waals surface area contributed by atoms with Gasteiger partial charge in [0.15, 0.2) is 0 Å². The second-order valence-corrected chi connectivity index (χ2v) is 6.24. The van der Waals surface area contributed by atoms with Crippen molar-refractivity contribution in [2.45, 2.75) is 26.3 Å². The summed E-state index contributed by atoms with van der Waals surface area (Å²) in [5.74, 6) is -1.44. The monoisotopic (exact) mass is 343 g/mol. The predicted molar refractivity (Wildman–Crippen MR) is 89.3 cm³/mol. The molecular formula is C19H18FNO4. The Morgan fingerprint density at radius 1 is 1.24 bits per heavy atom. The van der Waals surface area contributed by atoms with Crippen LogP contribution in [0, 0.1) is 5.82 Å². The number of furan rings is 1. The zero-order chi connectivity index (χ0) is 18.1. The molecule has 0 saturated carbocycles. The summed E-state index contributed by atoms with van der Waals surface area (Å²) in [7, 11) is 0. The van der Waals surface area contributed by atoms with Crippen molar-refractivity contribution < 1.29 is 23.5 Å². The van der Waals surface area contributed by atoms with Gasteiger partial charge in [-0.2, -0.15) is 0 Å². The van der Waals surface area contributed by atoms with Crippen LogP contribution >= 0.6 is 0 Å². The fourth-order valence-electron chi connectivity index (χ4n) is 2.81. The van der Waals surface area contributed by atoms with Crippen LogP contribution in [0.4, 0.5) is 4.39 Å². The van der Waals surface area contributed by atoms with E-state index in [9.17, 15) is 19.1 Å². The number of aliphatic hydroxyl groups excluding tert-OH is 1. The first-order valence-corrected chi connectivity index (χ1v) is 7.97. The number of rotatable bonds is 4. The normalized spacial score (nSPS) is 16.9. The summed E-state index contributed by atoms with van der Waals surface area (Å²) in [5, 5.41) is 10.6. The standard InChI is InChI=1S/C19H18FNO4/c1-11(2)21-10-15(18(23)19(21)24)17(22)14-7-8-25-16(14)9-12-3-5-13(20)6-4-12/h3-8,11,22H,9-10H2,1-2H3/b17-15+. The Morgan fingerprint density at radius 2 is 1.92 bits per heavy atom. The second kappa shape index (κ2) is 6.55. The van der Waals surface area contributed by atoms with Gasteiger partial charge in [-0.05, 0) is 37.6 Å². The number of carbonyl (C=O) groups is 2. The molecule has 2 aromatic rings. The van der Waals surface area contributed by atoms with Gasteiger partial charge in [-0.25, -0.2) is 4.39 Å². The van der Waals surface area contributed by atoms with Crippen molar-refractivity contribution in [3.05, 3.63) is 64.9 Å². The lowest BCUT2D eigenvalue weighted by molar-refractivity contribution is -0.140. The van der Waals surface area contributed by atoms with E-state index in [1.54, 1.807) is 18.2 Å². The lowest BCUT2D eigenvalue weighted by Crippen LogP contribution is -2.33. The highest BCUT2D eigenvalue weighted by Gasteiger charge is 2.38. The van der Waals surface area contributed by atoms with Gasteiger partial charge in [0.05, 0.1) is 23.9 Å². The Labute approximate surface area is 144 Å². The summed E-state index contributed by atoms with van der Waals surface area (Å²) < 4.78 is 18.4. The lowest BCUT2D eigenvalue weighted by Gasteiger charge is -2.18. The van der Waals surface area contributed by atoms with Gasteiger partial charge >= 0.3 is 0 Å². The quantitative estimate of drug-likeness (QED) is 0.526. The molecule has 1 saturated heterocycles. The van der Waals surface area contributed by atoms with E-state index in [4.69, 9.17) is 4.42 Å². The molecule has 1 aromatic heterocycles. The number of amides is 1. The third kappa shape index (κ3) is 3.20. The largest absolute Gasteiger partial charge is 0.507 e. The SMILES string of the molecule is CC(C)N1C/C(=C(\O)c2ccoc2Cc2ccc(F)cc2)C(=O)C1=O. The molecule has 0 radical (unpaired) electrons.